The van der Waals surface area contributed by atoms with E-state index in [0.717, 1.165) is 66.8 Å². The van der Waals surface area contributed by atoms with Gasteiger partial charge in [-0.25, -0.2) is 0 Å². The standard InChI is InChI=1S/C25H29N7O.ClH/c1-30-24-22(17-27-30)23(26-16-19-8-10-21(33-2)11-9-19)28-25(29-24)32-14-12-31(13-15-32)18-20-6-4-3-5-7-20;/h3-11,17H,12-16,18H2,1-2H3,(H,26,28,29);1H. The van der Waals surface area contributed by atoms with Crippen molar-refractivity contribution in [3.8, 4) is 5.75 Å². The Hall–Kier alpha value is -3.36. The average Bonchev–Trinajstić information content (AvgIpc) is 3.24. The maximum atomic E-state index is 5.26. The molecule has 0 unspecified atom stereocenters. The number of fused-ring (bicyclic) bond motifs is 1. The summed E-state index contributed by atoms with van der Waals surface area (Å²) in [7, 11) is 3.60. The van der Waals surface area contributed by atoms with Gasteiger partial charge in [0.15, 0.2) is 5.65 Å². The molecular formula is C25H30ClN7O. The number of hydrogen-bond donors (Lipinski definition) is 1. The van der Waals surface area contributed by atoms with Crippen LogP contribution in [0.4, 0.5) is 11.8 Å². The van der Waals surface area contributed by atoms with Crippen molar-refractivity contribution in [1.82, 2.24) is 24.6 Å². The molecule has 0 amide bonds. The normalized spacial score (nSPS) is 14.1. The van der Waals surface area contributed by atoms with E-state index in [2.05, 4.69) is 62.7 Å². The lowest BCUT2D eigenvalue weighted by molar-refractivity contribution is 0.249. The second-order valence-electron chi connectivity index (χ2n) is 8.33. The van der Waals surface area contributed by atoms with Crippen LogP contribution in [0.5, 0.6) is 5.75 Å². The van der Waals surface area contributed by atoms with Crippen molar-refractivity contribution >= 4 is 35.2 Å². The van der Waals surface area contributed by atoms with Crippen LogP contribution in [0.25, 0.3) is 11.0 Å². The van der Waals surface area contributed by atoms with Crippen LogP contribution in [0.1, 0.15) is 11.1 Å². The first-order valence-corrected chi connectivity index (χ1v) is 11.3. The Morgan fingerprint density at radius 1 is 0.912 bits per heavy atom. The van der Waals surface area contributed by atoms with Crippen molar-refractivity contribution in [3.63, 3.8) is 0 Å². The van der Waals surface area contributed by atoms with E-state index in [-0.39, 0.29) is 12.4 Å². The molecule has 3 heterocycles. The SMILES string of the molecule is COc1ccc(CNc2nc(N3CCN(Cc4ccccc4)CC3)nc3c2cnn3C)cc1.Cl. The van der Waals surface area contributed by atoms with E-state index in [9.17, 15) is 0 Å². The van der Waals surface area contributed by atoms with Gasteiger partial charge < -0.3 is 15.0 Å². The Balaban J connectivity index is 0.00000274. The number of aryl methyl sites for hydroxylation is 1. The fourth-order valence-corrected chi connectivity index (χ4v) is 4.16. The smallest absolute Gasteiger partial charge is 0.229 e. The van der Waals surface area contributed by atoms with Crippen LogP contribution in [0, 0.1) is 0 Å². The number of methoxy groups -OCH3 is 1. The van der Waals surface area contributed by atoms with Crippen LogP contribution >= 0.6 is 12.4 Å². The lowest BCUT2D eigenvalue weighted by Crippen LogP contribution is -2.46. The number of hydrogen-bond acceptors (Lipinski definition) is 7. The summed E-state index contributed by atoms with van der Waals surface area (Å²) in [5.74, 6) is 2.41. The molecule has 0 aliphatic carbocycles. The molecule has 5 rings (SSSR count). The van der Waals surface area contributed by atoms with Crippen LogP contribution < -0.4 is 15.0 Å². The van der Waals surface area contributed by atoms with E-state index in [1.165, 1.54) is 5.56 Å². The molecule has 34 heavy (non-hydrogen) atoms. The Morgan fingerprint density at radius 3 is 2.35 bits per heavy atom. The molecule has 0 saturated carbocycles. The van der Waals surface area contributed by atoms with Gasteiger partial charge in [-0.05, 0) is 23.3 Å². The summed E-state index contributed by atoms with van der Waals surface area (Å²) in [5, 5.41) is 8.83. The highest BCUT2D eigenvalue weighted by Crippen LogP contribution is 2.25. The third-order valence-corrected chi connectivity index (χ3v) is 6.10. The molecule has 1 N–H and O–H groups in total. The molecule has 0 atom stereocenters. The predicted molar refractivity (Wildman–Crippen MR) is 138 cm³/mol. The number of ether oxygens (including phenoxy) is 1. The Bertz CT molecular complexity index is 1210. The van der Waals surface area contributed by atoms with Crippen LogP contribution in [0.2, 0.25) is 0 Å². The van der Waals surface area contributed by atoms with Crippen LogP contribution in [-0.4, -0.2) is 57.9 Å². The average molecular weight is 480 g/mol. The zero-order chi connectivity index (χ0) is 22.6. The van der Waals surface area contributed by atoms with Crippen LogP contribution in [0.15, 0.2) is 60.8 Å². The lowest BCUT2D eigenvalue weighted by Gasteiger charge is -2.34. The summed E-state index contributed by atoms with van der Waals surface area (Å²) in [5.41, 5.74) is 3.34. The second-order valence-corrected chi connectivity index (χ2v) is 8.33. The molecule has 9 heteroatoms. The Morgan fingerprint density at radius 2 is 1.65 bits per heavy atom. The molecule has 0 spiro atoms. The van der Waals surface area contributed by atoms with E-state index >= 15 is 0 Å². The monoisotopic (exact) mass is 479 g/mol. The molecule has 8 nitrogen and oxygen atoms in total. The Labute approximate surface area is 206 Å². The third-order valence-electron chi connectivity index (χ3n) is 6.10. The van der Waals surface area contributed by atoms with Gasteiger partial charge in [-0.3, -0.25) is 9.58 Å². The van der Waals surface area contributed by atoms with Gasteiger partial charge in [0, 0.05) is 46.3 Å². The minimum atomic E-state index is 0. The maximum absolute atomic E-state index is 5.26. The number of halogens is 1. The summed E-state index contributed by atoms with van der Waals surface area (Å²) in [6.07, 6.45) is 1.83. The quantitative estimate of drug-likeness (QED) is 0.433. The van der Waals surface area contributed by atoms with Crippen LogP contribution in [0.3, 0.4) is 0 Å². The van der Waals surface area contributed by atoms with E-state index in [1.54, 1.807) is 7.11 Å². The van der Waals surface area contributed by atoms with Crippen LogP contribution in [-0.2, 0) is 20.1 Å². The molecule has 2 aromatic carbocycles. The predicted octanol–water partition coefficient (Wildman–Crippen LogP) is 3.73. The fourth-order valence-electron chi connectivity index (χ4n) is 4.16. The number of rotatable bonds is 7. The van der Waals surface area contributed by atoms with Crippen molar-refractivity contribution in [2.24, 2.45) is 7.05 Å². The van der Waals surface area contributed by atoms with Crippen molar-refractivity contribution in [1.29, 1.82) is 0 Å². The number of piperazine rings is 1. The van der Waals surface area contributed by atoms with Gasteiger partial charge in [-0.2, -0.15) is 15.1 Å². The van der Waals surface area contributed by atoms with Crippen molar-refractivity contribution in [3.05, 3.63) is 71.9 Å². The molecule has 1 aliphatic rings. The number of nitrogens with one attached hydrogen (secondary N) is 1. The minimum absolute atomic E-state index is 0. The number of benzene rings is 2. The van der Waals surface area contributed by atoms with Gasteiger partial charge in [0.25, 0.3) is 0 Å². The summed E-state index contributed by atoms with van der Waals surface area (Å²) in [6.45, 7) is 5.40. The zero-order valence-electron chi connectivity index (χ0n) is 19.5. The summed E-state index contributed by atoms with van der Waals surface area (Å²) < 4.78 is 7.07. The first kappa shape index (κ1) is 23.8. The largest absolute Gasteiger partial charge is 0.497 e. The zero-order valence-corrected chi connectivity index (χ0v) is 20.3. The molecule has 178 valence electrons. The van der Waals surface area contributed by atoms with E-state index in [4.69, 9.17) is 14.7 Å². The van der Waals surface area contributed by atoms with E-state index in [1.807, 2.05) is 30.1 Å². The van der Waals surface area contributed by atoms with Gasteiger partial charge in [0.05, 0.1) is 18.7 Å². The minimum Gasteiger partial charge on any atom is -0.497 e. The topological polar surface area (TPSA) is 71.3 Å². The summed E-state index contributed by atoms with van der Waals surface area (Å²) in [6, 6.07) is 18.7. The molecule has 0 bridgehead atoms. The fraction of sp³-hybridized carbons (Fsp3) is 0.320. The third kappa shape index (κ3) is 5.24. The molecule has 1 aliphatic heterocycles. The highest BCUT2D eigenvalue weighted by molar-refractivity contribution is 5.87. The number of nitrogens with zero attached hydrogens (tertiary/aromatic N) is 6. The van der Waals surface area contributed by atoms with E-state index in [0.29, 0.717) is 6.54 Å². The van der Waals surface area contributed by atoms with Gasteiger partial charge >= 0.3 is 0 Å². The Kier molecular flexibility index (Phi) is 7.49. The van der Waals surface area contributed by atoms with Gasteiger partial charge in [-0.1, -0.05) is 42.5 Å². The molecule has 1 saturated heterocycles. The van der Waals surface area contributed by atoms with Crippen molar-refractivity contribution in [2.75, 3.05) is 43.5 Å². The lowest BCUT2D eigenvalue weighted by atomic mass is 10.2. The molecule has 1 fully saturated rings. The number of anilines is 2. The van der Waals surface area contributed by atoms with E-state index < -0.39 is 0 Å². The molecular weight excluding hydrogens is 450 g/mol. The number of aromatic nitrogens is 4. The molecule has 4 aromatic rings. The maximum Gasteiger partial charge on any atom is 0.229 e. The second kappa shape index (κ2) is 10.7. The highest BCUT2D eigenvalue weighted by Gasteiger charge is 2.21. The first-order chi connectivity index (χ1) is 16.2. The summed E-state index contributed by atoms with van der Waals surface area (Å²) in [4.78, 5) is 14.5. The summed E-state index contributed by atoms with van der Waals surface area (Å²) >= 11 is 0. The first-order valence-electron chi connectivity index (χ1n) is 11.3. The van der Waals surface area contributed by atoms with Crippen molar-refractivity contribution < 1.29 is 4.74 Å². The highest BCUT2D eigenvalue weighted by atomic mass is 35.5. The molecule has 2 aromatic heterocycles. The van der Waals surface area contributed by atoms with Gasteiger partial charge in [0.1, 0.15) is 11.6 Å². The van der Waals surface area contributed by atoms with Crippen molar-refractivity contribution in [2.45, 2.75) is 13.1 Å². The molecule has 0 radical (unpaired) electrons. The van der Waals surface area contributed by atoms with Gasteiger partial charge in [0.2, 0.25) is 5.95 Å². The van der Waals surface area contributed by atoms with Gasteiger partial charge in [-0.15, -0.1) is 12.4 Å².